The van der Waals surface area contributed by atoms with E-state index in [0.717, 1.165) is 88.1 Å². The van der Waals surface area contributed by atoms with Crippen LogP contribution >= 0.6 is 34.8 Å². The number of hydrogen-bond acceptors (Lipinski definition) is 12. The quantitative estimate of drug-likeness (QED) is 0.155. The molecule has 3 N–H and O–H groups in total. The van der Waals surface area contributed by atoms with Crippen LogP contribution in [0.2, 0.25) is 15.2 Å². The molecule has 10 rings (SSSR count). The third-order valence-corrected chi connectivity index (χ3v) is 11.2. The van der Waals surface area contributed by atoms with Gasteiger partial charge in [-0.1, -0.05) is 34.8 Å². The number of nitrogens with zero attached hydrogens (tertiary/aromatic N) is 12. The maximum absolute atomic E-state index is 9.51. The van der Waals surface area contributed by atoms with Crippen molar-refractivity contribution in [3.63, 3.8) is 0 Å². The van der Waals surface area contributed by atoms with Gasteiger partial charge >= 0.3 is 0 Å². The topological polar surface area (TPSA) is 178 Å². The molecule has 2 aliphatic heterocycles. The van der Waals surface area contributed by atoms with Gasteiger partial charge in [0.25, 0.3) is 0 Å². The Morgan fingerprint density at radius 2 is 1.16 bits per heavy atom. The number of nitriles is 2. The average molecular weight is 868 g/mol. The van der Waals surface area contributed by atoms with Gasteiger partial charge in [-0.05, 0) is 71.8 Å². The van der Waals surface area contributed by atoms with Gasteiger partial charge in [0.1, 0.15) is 47.1 Å². The molecule has 2 aromatic carbocycles. The standard InChI is InChI=1S/C22H18ClN7.C14H10Cl2N4.C8H9N3/c23-17-1-2-20(16(10-17)11-24)30-7-4-19-18(13-30)22(28-14-27-19)26-12-15-3-6-29-8-5-25-21(29)9-15;15-10-1-2-13(9(5-10)6-17)20-4-3-12-11(7-20)14(16)19-8-18-12;9-6-7-1-3-11-4-2-10-8(11)5-7/h1-3,5-6,8-10,14H,4,7,12-13H2,(H,26,27,28);1-2,5,8H,3-4,7H2;1-5H,6,9H2. The number of imidazole rings is 2. The smallest absolute Gasteiger partial charge is 0.137 e. The summed E-state index contributed by atoms with van der Waals surface area (Å²) in [6, 6.07) is 23.3. The molecule has 0 saturated heterocycles. The van der Waals surface area contributed by atoms with Crippen LogP contribution in [0.25, 0.3) is 11.3 Å². The molecule has 2 aliphatic rings. The predicted octanol–water partition coefficient (Wildman–Crippen LogP) is 7.83. The number of nitrogens with one attached hydrogen (secondary N) is 1. The second-order valence-electron chi connectivity index (χ2n) is 14.1. The summed E-state index contributed by atoms with van der Waals surface area (Å²) in [6.45, 7) is 4.02. The largest absolute Gasteiger partial charge is 0.366 e. The van der Waals surface area contributed by atoms with Gasteiger partial charge in [0, 0.05) is 110 Å². The second kappa shape index (κ2) is 18.6. The summed E-state index contributed by atoms with van der Waals surface area (Å²) in [5.74, 6) is 0.820. The Hall–Kier alpha value is -6.81. The molecule has 0 atom stereocenters. The summed E-state index contributed by atoms with van der Waals surface area (Å²) in [6.07, 6.45) is 16.0. The minimum Gasteiger partial charge on any atom is -0.366 e. The zero-order valence-electron chi connectivity index (χ0n) is 32.6. The first-order valence-electron chi connectivity index (χ1n) is 19.3. The molecule has 0 saturated carbocycles. The monoisotopic (exact) mass is 866 g/mol. The van der Waals surface area contributed by atoms with Gasteiger partial charge in [0.05, 0.1) is 33.9 Å². The first-order valence-corrected chi connectivity index (χ1v) is 20.4. The highest BCUT2D eigenvalue weighted by Gasteiger charge is 2.24. The maximum Gasteiger partial charge on any atom is 0.137 e. The number of hydrogen-bond donors (Lipinski definition) is 2. The van der Waals surface area contributed by atoms with Crippen molar-refractivity contribution in [2.24, 2.45) is 5.73 Å². The number of nitrogens with two attached hydrogens (primary N) is 1. The van der Waals surface area contributed by atoms with Gasteiger partial charge in [-0.2, -0.15) is 10.5 Å². The van der Waals surface area contributed by atoms with Gasteiger partial charge < -0.3 is 29.7 Å². The fraction of sp³-hybridized carbons (Fsp3) is 0.182. The number of halogens is 3. The zero-order valence-corrected chi connectivity index (χ0v) is 34.9. The van der Waals surface area contributed by atoms with Crippen molar-refractivity contribution in [3.05, 3.63) is 170 Å². The highest BCUT2D eigenvalue weighted by Crippen LogP contribution is 2.32. The molecule has 8 aromatic rings. The molecule has 61 heavy (non-hydrogen) atoms. The molecule has 14 nitrogen and oxygen atoms in total. The van der Waals surface area contributed by atoms with Gasteiger partial charge in [-0.3, -0.25) is 0 Å². The number of anilines is 3. The van der Waals surface area contributed by atoms with Crippen molar-refractivity contribution in [2.75, 3.05) is 28.2 Å². The van der Waals surface area contributed by atoms with Crippen LogP contribution in [-0.4, -0.2) is 51.8 Å². The van der Waals surface area contributed by atoms with Crippen LogP contribution in [0.5, 0.6) is 0 Å². The Morgan fingerprint density at radius 3 is 1.75 bits per heavy atom. The number of pyridine rings is 2. The first-order chi connectivity index (χ1) is 29.8. The van der Waals surface area contributed by atoms with Crippen molar-refractivity contribution in [1.29, 1.82) is 10.5 Å². The molecule has 17 heteroatoms. The van der Waals surface area contributed by atoms with Crippen molar-refractivity contribution < 1.29 is 0 Å². The third-order valence-electron chi connectivity index (χ3n) is 10.4. The van der Waals surface area contributed by atoms with Crippen molar-refractivity contribution in [3.8, 4) is 12.1 Å². The lowest BCUT2D eigenvalue weighted by molar-refractivity contribution is 0.704. The molecule has 6 aromatic heterocycles. The van der Waals surface area contributed by atoms with Crippen molar-refractivity contribution in [1.82, 2.24) is 38.7 Å². The van der Waals surface area contributed by atoms with Crippen LogP contribution in [0.15, 0.2) is 110 Å². The lowest BCUT2D eigenvalue weighted by Crippen LogP contribution is -2.32. The van der Waals surface area contributed by atoms with Crippen LogP contribution < -0.4 is 20.9 Å². The highest BCUT2D eigenvalue weighted by atomic mass is 35.5. The van der Waals surface area contributed by atoms with E-state index in [9.17, 15) is 10.5 Å². The summed E-state index contributed by atoms with van der Waals surface area (Å²) in [7, 11) is 0. The summed E-state index contributed by atoms with van der Waals surface area (Å²) in [4.78, 5) is 30.0. The Kier molecular flexibility index (Phi) is 12.5. The molecule has 0 unspecified atom stereocenters. The normalized spacial score (nSPS) is 12.9. The lowest BCUT2D eigenvalue weighted by Gasteiger charge is -2.31. The van der Waals surface area contributed by atoms with Crippen LogP contribution in [0, 0.1) is 22.7 Å². The van der Waals surface area contributed by atoms with E-state index in [1.54, 1.807) is 36.9 Å². The second-order valence-corrected chi connectivity index (χ2v) is 15.4. The number of fused-ring (bicyclic) bond motifs is 4. The lowest BCUT2D eigenvalue weighted by atomic mass is 10.0. The molecule has 0 fully saturated rings. The first kappa shape index (κ1) is 40.9. The number of benzene rings is 2. The molecule has 0 amide bonds. The number of aromatic nitrogens is 8. The summed E-state index contributed by atoms with van der Waals surface area (Å²) in [5, 5.41) is 23.8. The van der Waals surface area contributed by atoms with Gasteiger partial charge in [-0.15, -0.1) is 0 Å². The molecule has 8 heterocycles. The molecule has 0 aliphatic carbocycles. The van der Waals surface area contributed by atoms with E-state index in [4.69, 9.17) is 40.5 Å². The summed E-state index contributed by atoms with van der Waals surface area (Å²) < 4.78 is 3.94. The fourth-order valence-electron chi connectivity index (χ4n) is 7.29. The minimum atomic E-state index is 0.479. The maximum atomic E-state index is 9.51. The number of rotatable bonds is 6. The van der Waals surface area contributed by atoms with E-state index in [0.29, 0.717) is 52.5 Å². The summed E-state index contributed by atoms with van der Waals surface area (Å²) >= 11 is 18.1. The van der Waals surface area contributed by atoms with E-state index in [1.165, 1.54) is 6.33 Å². The Balaban J connectivity index is 0.000000142. The van der Waals surface area contributed by atoms with E-state index in [-0.39, 0.29) is 0 Å². The van der Waals surface area contributed by atoms with Crippen LogP contribution in [0.4, 0.5) is 17.2 Å². The molecular formula is C44H37Cl3N14. The Morgan fingerprint density at radius 1 is 0.623 bits per heavy atom. The van der Waals surface area contributed by atoms with E-state index in [1.807, 2.05) is 63.9 Å². The molecular weight excluding hydrogens is 831 g/mol. The third kappa shape index (κ3) is 9.34. The average Bonchev–Trinajstić information content (AvgIpc) is 3.98. The van der Waals surface area contributed by atoms with Gasteiger partial charge in [0.15, 0.2) is 0 Å². The van der Waals surface area contributed by atoms with Crippen LogP contribution in [-0.2, 0) is 39.0 Å². The molecule has 0 bridgehead atoms. The zero-order chi connectivity index (χ0) is 42.3. The van der Waals surface area contributed by atoms with Crippen molar-refractivity contribution in [2.45, 2.75) is 39.0 Å². The SMILES string of the molecule is N#Cc1cc(Cl)ccc1N1CCc2ncnc(Cl)c2C1.N#Cc1cc(Cl)ccc1N1CCc2ncnc(NCc3ccn4ccnc4c3)c2C1.NCc1ccn2ccnc2c1. The molecule has 0 radical (unpaired) electrons. The van der Waals surface area contributed by atoms with Crippen LogP contribution in [0.3, 0.4) is 0 Å². The minimum absolute atomic E-state index is 0.479. The van der Waals surface area contributed by atoms with Crippen LogP contribution in [0.1, 0.15) is 44.8 Å². The predicted molar refractivity (Wildman–Crippen MR) is 237 cm³/mol. The Labute approximate surface area is 366 Å². The van der Waals surface area contributed by atoms with E-state index < -0.39 is 0 Å². The van der Waals surface area contributed by atoms with E-state index in [2.05, 4.69) is 69.3 Å². The van der Waals surface area contributed by atoms with Gasteiger partial charge in [-0.25, -0.2) is 29.9 Å². The summed E-state index contributed by atoms with van der Waals surface area (Å²) in [5.41, 5.74) is 16.5. The van der Waals surface area contributed by atoms with Gasteiger partial charge in [0.2, 0.25) is 0 Å². The Bertz CT molecular complexity index is 2930. The highest BCUT2D eigenvalue weighted by molar-refractivity contribution is 6.31. The van der Waals surface area contributed by atoms with Crippen molar-refractivity contribution >= 4 is 63.3 Å². The fourth-order valence-corrected chi connectivity index (χ4v) is 7.84. The van der Waals surface area contributed by atoms with E-state index >= 15 is 0 Å². The molecule has 304 valence electrons. The molecule has 0 spiro atoms.